The van der Waals surface area contributed by atoms with Crippen molar-refractivity contribution in [2.24, 2.45) is 0 Å². The molecule has 1 aliphatic rings. The second kappa shape index (κ2) is 5.62. The van der Waals surface area contributed by atoms with Crippen molar-refractivity contribution in [2.75, 3.05) is 6.79 Å². The third-order valence-corrected chi connectivity index (χ3v) is 4.50. The summed E-state index contributed by atoms with van der Waals surface area (Å²) in [6.45, 7) is 4.23. The minimum Gasteiger partial charge on any atom is -0.454 e. The first kappa shape index (κ1) is 14.9. The van der Waals surface area contributed by atoms with Gasteiger partial charge in [0, 0.05) is 6.04 Å². The van der Waals surface area contributed by atoms with E-state index in [1.165, 1.54) is 0 Å². The maximum atomic E-state index is 10.7. The van der Waals surface area contributed by atoms with Gasteiger partial charge in [0.25, 0.3) is 0 Å². The van der Waals surface area contributed by atoms with Crippen LogP contribution in [-0.2, 0) is 0 Å². The molecule has 0 aliphatic carbocycles. The molecular weight excluding hydrogens is 404 g/mol. The van der Waals surface area contributed by atoms with E-state index in [1.807, 2.05) is 19.9 Å². The Labute approximate surface area is 139 Å². The lowest BCUT2D eigenvalue weighted by molar-refractivity contribution is 0.173. The zero-order valence-electron chi connectivity index (χ0n) is 11.5. The summed E-state index contributed by atoms with van der Waals surface area (Å²) in [6, 6.07) is 3.78. The topological polar surface area (TPSA) is 56.5 Å². The van der Waals surface area contributed by atoms with Crippen LogP contribution in [0.15, 0.2) is 27.3 Å². The van der Waals surface area contributed by atoms with Crippen molar-refractivity contribution < 1.29 is 14.6 Å². The predicted molar refractivity (Wildman–Crippen MR) is 84.6 cm³/mol. The number of halogens is 2. The second-order valence-electron chi connectivity index (χ2n) is 5.06. The molecule has 0 saturated carbocycles. The molecule has 3 rings (SSSR count). The number of aromatic nitrogens is 2. The van der Waals surface area contributed by atoms with Crippen LogP contribution in [0.1, 0.15) is 37.3 Å². The van der Waals surface area contributed by atoms with Gasteiger partial charge in [0.1, 0.15) is 6.10 Å². The first-order chi connectivity index (χ1) is 9.99. The predicted octanol–water partition coefficient (Wildman–Crippen LogP) is 3.80. The Morgan fingerprint density at radius 3 is 2.71 bits per heavy atom. The third kappa shape index (κ3) is 2.58. The minimum absolute atomic E-state index is 0.151. The SMILES string of the molecule is CC(C)n1ncc(Br)c1C(O)c1cc(Br)c2c(c1)OCO2. The smallest absolute Gasteiger partial charge is 0.231 e. The fraction of sp³-hybridized carbons (Fsp3) is 0.357. The fourth-order valence-electron chi connectivity index (χ4n) is 2.32. The van der Waals surface area contributed by atoms with Crippen LogP contribution in [0, 0.1) is 0 Å². The number of hydrogen-bond donors (Lipinski definition) is 1. The molecule has 5 nitrogen and oxygen atoms in total. The van der Waals surface area contributed by atoms with Gasteiger partial charge in [-0.3, -0.25) is 4.68 Å². The van der Waals surface area contributed by atoms with Crippen LogP contribution in [0.25, 0.3) is 0 Å². The Hall–Kier alpha value is -1.05. The lowest BCUT2D eigenvalue weighted by Gasteiger charge is -2.17. The largest absolute Gasteiger partial charge is 0.454 e. The van der Waals surface area contributed by atoms with E-state index >= 15 is 0 Å². The van der Waals surface area contributed by atoms with E-state index in [2.05, 4.69) is 37.0 Å². The maximum absolute atomic E-state index is 10.7. The Bertz CT molecular complexity index is 685. The molecule has 1 atom stereocenters. The van der Waals surface area contributed by atoms with Crippen molar-refractivity contribution in [1.29, 1.82) is 0 Å². The molecule has 21 heavy (non-hydrogen) atoms. The molecule has 1 unspecified atom stereocenters. The molecule has 0 spiro atoms. The Balaban J connectivity index is 2.05. The van der Waals surface area contributed by atoms with Gasteiger partial charge in [-0.05, 0) is 63.4 Å². The average Bonchev–Trinajstić information content (AvgIpc) is 3.04. The van der Waals surface area contributed by atoms with Crippen LogP contribution in [0.3, 0.4) is 0 Å². The zero-order chi connectivity index (χ0) is 15.1. The van der Waals surface area contributed by atoms with Crippen LogP contribution >= 0.6 is 31.9 Å². The van der Waals surface area contributed by atoms with E-state index in [-0.39, 0.29) is 12.8 Å². The summed E-state index contributed by atoms with van der Waals surface area (Å²) in [6.07, 6.45) is 0.885. The summed E-state index contributed by atoms with van der Waals surface area (Å²) in [4.78, 5) is 0. The number of aliphatic hydroxyl groups is 1. The molecule has 0 saturated heterocycles. The van der Waals surface area contributed by atoms with Gasteiger partial charge in [-0.15, -0.1) is 0 Å². The van der Waals surface area contributed by atoms with Crippen LogP contribution in [0.4, 0.5) is 0 Å². The van der Waals surface area contributed by atoms with E-state index in [0.29, 0.717) is 17.1 Å². The second-order valence-corrected chi connectivity index (χ2v) is 6.76. The molecule has 2 aromatic rings. The highest BCUT2D eigenvalue weighted by Gasteiger charge is 2.25. The quantitative estimate of drug-likeness (QED) is 0.825. The van der Waals surface area contributed by atoms with Gasteiger partial charge >= 0.3 is 0 Å². The number of benzene rings is 1. The van der Waals surface area contributed by atoms with Gasteiger partial charge in [0.05, 0.1) is 20.8 Å². The van der Waals surface area contributed by atoms with Crippen molar-refractivity contribution in [3.63, 3.8) is 0 Å². The number of nitrogens with zero attached hydrogens (tertiary/aromatic N) is 2. The minimum atomic E-state index is -0.810. The molecule has 0 radical (unpaired) electrons. The molecule has 1 aromatic carbocycles. The number of aliphatic hydroxyl groups excluding tert-OH is 1. The number of hydrogen-bond acceptors (Lipinski definition) is 4. The highest BCUT2D eigenvalue weighted by molar-refractivity contribution is 9.10. The summed E-state index contributed by atoms with van der Waals surface area (Å²) in [7, 11) is 0. The molecule has 2 heterocycles. The average molecular weight is 418 g/mol. The highest BCUT2D eigenvalue weighted by atomic mass is 79.9. The van der Waals surface area contributed by atoms with Gasteiger partial charge in [-0.1, -0.05) is 0 Å². The van der Waals surface area contributed by atoms with Crippen molar-refractivity contribution in [1.82, 2.24) is 9.78 Å². The maximum Gasteiger partial charge on any atom is 0.231 e. The molecule has 1 N–H and O–H groups in total. The van der Waals surface area contributed by atoms with Crippen molar-refractivity contribution in [2.45, 2.75) is 26.0 Å². The first-order valence-corrected chi connectivity index (χ1v) is 8.07. The number of fused-ring (bicyclic) bond motifs is 1. The van der Waals surface area contributed by atoms with Crippen molar-refractivity contribution in [3.8, 4) is 11.5 Å². The van der Waals surface area contributed by atoms with Crippen LogP contribution < -0.4 is 9.47 Å². The number of rotatable bonds is 3. The Morgan fingerprint density at radius 2 is 2.00 bits per heavy atom. The molecular formula is C14H14Br2N2O3. The Kier molecular flexibility index (Phi) is 3.98. The monoisotopic (exact) mass is 416 g/mol. The van der Waals surface area contributed by atoms with E-state index < -0.39 is 6.10 Å². The van der Waals surface area contributed by atoms with E-state index in [4.69, 9.17) is 9.47 Å². The summed E-state index contributed by atoms with van der Waals surface area (Å²) in [5.74, 6) is 1.30. The van der Waals surface area contributed by atoms with E-state index in [1.54, 1.807) is 16.9 Å². The van der Waals surface area contributed by atoms with Gasteiger partial charge in [0.2, 0.25) is 6.79 Å². The van der Waals surface area contributed by atoms with Crippen LogP contribution in [0.5, 0.6) is 11.5 Å². The van der Waals surface area contributed by atoms with E-state index in [0.717, 1.165) is 14.6 Å². The van der Waals surface area contributed by atoms with Gasteiger partial charge < -0.3 is 14.6 Å². The van der Waals surface area contributed by atoms with Crippen molar-refractivity contribution >= 4 is 31.9 Å². The lowest BCUT2D eigenvalue weighted by atomic mass is 10.1. The molecule has 1 aromatic heterocycles. The van der Waals surface area contributed by atoms with Crippen LogP contribution in [0.2, 0.25) is 0 Å². The standard InChI is InChI=1S/C14H14Br2N2O3/c1-7(2)18-12(10(16)5-17-18)13(19)8-3-9(15)14-11(4-8)20-6-21-14/h3-5,7,13,19H,6H2,1-2H3. The van der Waals surface area contributed by atoms with Crippen LogP contribution in [-0.4, -0.2) is 21.7 Å². The summed E-state index contributed by atoms with van der Waals surface area (Å²) < 4.78 is 14.1. The molecule has 0 amide bonds. The number of ether oxygens (including phenoxy) is 2. The lowest BCUT2D eigenvalue weighted by Crippen LogP contribution is -2.12. The van der Waals surface area contributed by atoms with E-state index in [9.17, 15) is 5.11 Å². The molecule has 112 valence electrons. The third-order valence-electron chi connectivity index (χ3n) is 3.30. The summed E-state index contributed by atoms with van der Waals surface area (Å²) in [5, 5.41) is 15.0. The van der Waals surface area contributed by atoms with Gasteiger partial charge in [-0.25, -0.2) is 0 Å². The molecule has 7 heteroatoms. The normalized spacial score (nSPS) is 14.8. The molecule has 0 fully saturated rings. The molecule has 1 aliphatic heterocycles. The van der Waals surface area contributed by atoms with Crippen molar-refractivity contribution in [3.05, 3.63) is 38.5 Å². The van der Waals surface area contributed by atoms with Gasteiger partial charge in [-0.2, -0.15) is 5.10 Å². The molecule has 0 bridgehead atoms. The summed E-state index contributed by atoms with van der Waals surface area (Å²) >= 11 is 6.90. The Morgan fingerprint density at radius 1 is 1.24 bits per heavy atom. The first-order valence-electron chi connectivity index (χ1n) is 6.49. The zero-order valence-corrected chi connectivity index (χ0v) is 14.7. The summed E-state index contributed by atoms with van der Waals surface area (Å²) in [5.41, 5.74) is 1.44. The van der Waals surface area contributed by atoms with Gasteiger partial charge in [0.15, 0.2) is 11.5 Å². The fourth-order valence-corrected chi connectivity index (χ4v) is 3.39. The highest BCUT2D eigenvalue weighted by Crippen LogP contribution is 2.42.